The summed E-state index contributed by atoms with van der Waals surface area (Å²) in [6.07, 6.45) is -4.05. The molecule has 2 atom stereocenters. The fourth-order valence-corrected chi connectivity index (χ4v) is 2.49. The maximum atomic E-state index is 12.7. The number of rotatable bonds is 5. The molecule has 5 nitrogen and oxygen atoms in total. The van der Waals surface area contributed by atoms with Crippen molar-refractivity contribution in [1.82, 2.24) is 9.55 Å². The molecule has 1 aromatic heterocycles. The first-order chi connectivity index (χ1) is 11.6. The minimum atomic E-state index is -4.68. The van der Waals surface area contributed by atoms with Crippen LogP contribution in [0.25, 0.3) is 0 Å². The maximum absolute atomic E-state index is 12.7. The summed E-state index contributed by atoms with van der Waals surface area (Å²) in [6, 6.07) is 6.54. The summed E-state index contributed by atoms with van der Waals surface area (Å²) in [7, 11) is 0. The summed E-state index contributed by atoms with van der Waals surface area (Å²) in [4.78, 5) is 26.1. The van der Waals surface area contributed by atoms with Crippen molar-refractivity contribution >= 4 is 5.82 Å². The number of hydrogen-bond acceptors (Lipinski definition) is 3. The third-order valence-corrected chi connectivity index (χ3v) is 3.89. The predicted molar refractivity (Wildman–Crippen MR) is 90.1 cm³/mol. The van der Waals surface area contributed by atoms with Gasteiger partial charge in [-0.3, -0.25) is 9.78 Å². The quantitative estimate of drug-likeness (QED) is 0.866. The van der Waals surface area contributed by atoms with Crippen molar-refractivity contribution < 1.29 is 13.2 Å². The molecule has 0 spiro atoms. The molecule has 1 aromatic carbocycles. The van der Waals surface area contributed by atoms with E-state index in [9.17, 15) is 22.8 Å². The zero-order valence-corrected chi connectivity index (χ0v) is 14.1. The molecule has 2 rings (SSSR count). The molecule has 2 aromatic rings. The molecule has 0 aliphatic heterocycles. The Morgan fingerprint density at radius 1 is 1.16 bits per heavy atom. The van der Waals surface area contributed by atoms with Gasteiger partial charge in [-0.2, -0.15) is 13.2 Å². The molecular weight excluding hydrogens is 335 g/mol. The summed E-state index contributed by atoms with van der Waals surface area (Å²) in [5.74, 6) is 0.0974. The first-order valence-corrected chi connectivity index (χ1v) is 7.82. The Labute approximate surface area is 142 Å². The summed E-state index contributed by atoms with van der Waals surface area (Å²) in [6.45, 7) is 4.60. The molecule has 0 radical (unpaired) electrons. The normalized spacial score (nSPS) is 14.2. The van der Waals surface area contributed by atoms with Crippen LogP contribution in [0, 0.1) is 6.92 Å². The van der Waals surface area contributed by atoms with Crippen LogP contribution < -0.4 is 16.6 Å². The molecule has 0 saturated heterocycles. The lowest BCUT2D eigenvalue weighted by Crippen LogP contribution is -2.42. The number of nitrogens with one attached hydrogen (secondary N) is 2. The highest BCUT2D eigenvalue weighted by Crippen LogP contribution is 2.27. The van der Waals surface area contributed by atoms with E-state index in [2.05, 4.69) is 10.3 Å². The van der Waals surface area contributed by atoms with Crippen LogP contribution in [-0.4, -0.2) is 21.8 Å². The molecule has 25 heavy (non-hydrogen) atoms. The van der Waals surface area contributed by atoms with Gasteiger partial charge < -0.3 is 5.32 Å². The third kappa shape index (κ3) is 4.74. The van der Waals surface area contributed by atoms with Gasteiger partial charge in [0.05, 0.1) is 0 Å². The third-order valence-electron chi connectivity index (χ3n) is 3.89. The molecule has 2 N–H and O–H groups in total. The van der Waals surface area contributed by atoms with Gasteiger partial charge in [0.25, 0.3) is 5.56 Å². The van der Waals surface area contributed by atoms with Gasteiger partial charge in [0, 0.05) is 12.1 Å². The van der Waals surface area contributed by atoms with Crippen LogP contribution in [0.1, 0.15) is 31.0 Å². The van der Waals surface area contributed by atoms with Gasteiger partial charge in [0.2, 0.25) is 0 Å². The van der Waals surface area contributed by atoms with E-state index in [1.807, 2.05) is 38.1 Å². The van der Waals surface area contributed by atoms with Crippen molar-refractivity contribution in [1.29, 1.82) is 0 Å². The van der Waals surface area contributed by atoms with Crippen LogP contribution in [0.4, 0.5) is 19.0 Å². The smallest absolute Gasteiger partial charge is 0.369 e. The Bertz CT molecular complexity index is 807. The van der Waals surface area contributed by atoms with Gasteiger partial charge in [-0.15, -0.1) is 0 Å². The van der Waals surface area contributed by atoms with E-state index in [0.717, 1.165) is 24.1 Å². The van der Waals surface area contributed by atoms with Crippen LogP contribution in [0.15, 0.2) is 39.9 Å². The van der Waals surface area contributed by atoms with Crippen molar-refractivity contribution in [2.75, 3.05) is 5.32 Å². The monoisotopic (exact) mass is 355 g/mol. The van der Waals surface area contributed by atoms with Gasteiger partial charge in [-0.25, -0.2) is 9.36 Å². The van der Waals surface area contributed by atoms with Crippen LogP contribution in [0.5, 0.6) is 0 Å². The average molecular weight is 355 g/mol. The standard InChI is InChI=1S/C17H20F3N3O2/c1-10-4-6-13(7-5-10)8-11(2)21-14-9-15(24)23(16(25)22-14)12(3)17(18,19)20/h4-7,9,11-12,21H,8H2,1-3H3,(H,22,25)/t11-,12-/m0/s1. The summed E-state index contributed by atoms with van der Waals surface area (Å²) in [5, 5.41) is 2.94. The number of aromatic nitrogens is 2. The van der Waals surface area contributed by atoms with E-state index < -0.39 is 23.5 Å². The maximum Gasteiger partial charge on any atom is 0.409 e. The van der Waals surface area contributed by atoms with Gasteiger partial charge in [0.15, 0.2) is 0 Å². The van der Waals surface area contributed by atoms with E-state index in [1.165, 1.54) is 0 Å². The van der Waals surface area contributed by atoms with Crippen LogP contribution >= 0.6 is 0 Å². The number of nitrogens with zero attached hydrogens (tertiary/aromatic N) is 1. The molecule has 8 heteroatoms. The van der Waals surface area contributed by atoms with Crippen molar-refractivity contribution in [2.45, 2.75) is 45.5 Å². The Hall–Kier alpha value is -2.51. The average Bonchev–Trinajstić information content (AvgIpc) is 2.47. The number of aryl methyl sites for hydroxylation is 1. The number of benzene rings is 1. The van der Waals surface area contributed by atoms with E-state index in [1.54, 1.807) is 0 Å². The number of hydrogen-bond donors (Lipinski definition) is 2. The van der Waals surface area contributed by atoms with E-state index >= 15 is 0 Å². The first kappa shape index (κ1) is 18.8. The highest BCUT2D eigenvalue weighted by molar-refractivity contribution is 5.34. The summed E-state index contributed by atoms with van der Waals surface area (Å²) >= 11 is 0. The molecular formula is C17H20F3N3O2. The van der Waals surface area contributed by atoms with Crippen molar-refractivity contribution in [3.05, 3.63) is 62.3 Å². The largest absolute Gasteiger partial charge is 0.409 e. The second-order valence-electron chi connectivity index (χ2n) is 6.15. The number of anilines is 1. The van der Waals surface area contributed by atoms with Gasteiger partial charge in [0.1, 0.15) is 11.9 Å². The zero-order chi connectivity index (χ0) is 18.8. The minimum absolute atomic E-state index is 0.0974. The van der Waals surface area contributed by atoms with Gasteiger partial charge >= 0.3 is 11.9 Å². The van der Waals surface area contributed by atoms with Gasteiger partial charge in [-0.1, -0.05) is 29.8 Å². The SMILES string of the molecule is Cc1ccc(C[C@H](C)Nc2cc(=O)n([C@@H](C)C(F)(F)F)c(=O)[nH]2)cc1. The molecule has 0 aliphatic carbocycles. The number of H-pyrrole nitrogens is 1. The molecule has 0 bridgehead atoms. The first-order valence-electron chi connectivity index (χ1n) is 7.82. The highest BCUT2D eigenvalue weighted by atomic mass is 19.4. The number of halogens is 3. The Balaban J connectivity index is 2.17. The van der Waals surface area contributed by atoms with Crippen LogP contribution in [0.2, 0.25) is 0 Å². The Morgan fingerprint density at radius 2 is 1.76 bits per heavy atom. The summed E-state index contributed by atoms with van der Waals surface area (Å²) in [5.41, 5.74) is 0.101. The second-order valence-corrected chi connectivity index (χ2v) is 6.15. The van der Waals surface area contributed by atoms with E-state index in [4.69, 9.17) is 0 Å². The lowest BCUT2D eigenvalue weighted by atomic mass is 10.1. The minimum Gasteiger partial charge on any atom is -0.369 e. The van der Waals surface area contributed by atoms with Crippen molar-refractivity contribution in [3.8, 4) is 0 Å². The van der Waals surface area contributed by atoms with Crippen LogP contribution in [-0.2, 0) is 6.42 Å². The lowest BCUT2D eigenvalue weighted by molar-refractivity contribution is -0.164. The Kier molecular flexibility index (Phi) is 5.39. The van der Waals surface area contributed by atoms with Crippen molar-refractivity contribution in [2.24, 2.45) is 0 Å². The fourth-order valence-electron chi connectivity index (χ4n) is 2.49. The highest BCUT2D eigenvalue weighted by Gasteiger charge is 2.39. The molecule has 1 heterocycles. The summed E-state index contributed by atoms with van der Waals surface area (Å²) < 4.78 is 38.4. The molecule has 0 amide bonds. The lowest BCUT2D eigenvalue weighted by Gasteiger charge is -2.19. The Morgan fingerprint density at radius 3 is 2.28 bits per heavy atom. The number of alkyl halides is 3. The molecule has 0 unspecified atom stereocenters. The molecule has 0 fully saturated rings. The number of aromatic amines is 1. The zero-order valence-electron chi connectivity index (χ0n) is 14.1. The predicted octanol–water partition coefficient (Wildman–Crippen LogP) is 3.01. The van der Waals surface area contributed by atoms with E-state index in [-0.39, 0.29) is 16.4 Å². The van der Waals surface area contributed by atoms with Crippen LogP contribution in [0.3, 0.4) is 0 Å². The molecule has 0 aliphatic rings. The fraction of sp³-hybridized carbons (Fsp3) is 0.412. The second kappa shape index (κ2) is 7.16. The topological polar surface area (TPSA) is 66.9 Å². The molecule has 0 saturated carbocycles. The van der Waals surface area contributed by atoms with Crippen molar-refractivity contribution in [3.63, 3.8) is 0 Å². The molecule has 136 valence electrons. The van der Waals surface area contributed by atoms with Gasteiger partial charge in [-0.05, 0) is 32.8 Å². The van der Waals surface area contributed by atoms with E-state index in [0.29, 0.717) is 6.42 Å².